The molecule has 0 saturated carbocycles. The second-order valence-corrected chi connectivity index (χ2v) is 12.9. The van der Waals surface area contributed by atoms with Gasteiger partial charge in [-0.25, -0.2) is 28.7 Å². The lowest BCUT2D eigenvalue weighted by molar-refractivity contribution is -0.114. The summed E-state index contributed by atoms with van der Waals surface area (Å²) in [6, 6.07) is 0. The molecule has 0 aromatic carbocycles. The Balaban J connectivity index is 1.21. The van der Waals surface area contributed by atoms with Gasteiger partial charge in [-0.2, -0.15) is 4.98 Å². The minimum absolute atomic E-state index is 0.0560. The minimum Gasteiger partial charge on any atom is -0.394 e. The Morgan fingerprint density at radius 2 is 1.84 bits per heavy atom. The van der Waals surface area contributed by atoms with Gasteiger partial charge in [-0.1, -0.05) is 0 Å². The first-order chi connectivity index (χ1) is 20.3. The maximum absolute atomic E-state index is 15.4. The maximum atomic E-state index is 15.4. The molecule has 0 spiro atoms. The van der Waals surface area contributed by atoms with Crippen LogP contribution in [0.4, 0.5) is 20.5 Å². The van der Waals surface area contributed by atoms with Gasteiger partial charge in [0.05, 0.1) is 25.9 Å². The predicted octanol–water partition coefficient (Wildman–Crippen LogP) is -1.04. The summed E-state index contributed by atoms with van der Waals surface area (Å²) in [6.45, 7) is -4.54. The summed E-state index contributed by atoms with van der Waals surface area (Å²) in [5.41, 5.74) is 9.09. The van der Waals surface area contributed by atoms with Crippen LogP contribution < -0.4 is 17.0 Å². The largest absolute Gasteiger partial charge is 0.394 e. The fraction of sp³-hybridized carbons (Fsp3) is 0.524. The normalized spacial score (nSPS) is 32.6. The van der Waals surface area contributed by atoms with E-state index >= 15 is 8.78 Å². The van der Waals surface area contributed by atoms with E-state index in [1.807, 2.05) is 0 Å². The van der Waals surface area contributed by atoms with Crippen LogP contribution in [0.3, 0.4) is 0 Å². The Bertz CT molecular complexity index is 1790. The highest BCUT2D eigenvalue weighted by atomic mass is 32.5. The molecule has 2 unspecified atom stereocenters. The zero-order valence-corrected chi connectivity index (χ0v) is 23.7. The molecule has 4 aromatic rings. The number of H-pyrrole nitrogens is 1. The summed E-state index contributed by atoms with van der Waals surface area (Å²) in [5.74, 6) is -0.200. The number of nitrogens with two attached hydrogens (primary N) is 2. The van der Waals surface area contributed by atoms with Crippen molar-refractivity contribution in [2.45, 2.75) is 55.6 Å². The quantitative estimate of drug-likeness (QED) is 0.125. The molecule has 232 valence electrons. The van der Waals surface area contributed by atoms with Crippen LogP contribution in [-0.2, 0) is 30.3 Å². The van der Waals surface area contributed by atoms with Gasteiger partial charge in [-0.05, 0) is 18.7 Å². The van der Waals surface area contributed by atoms with Gasteiger partial charge in [-0.15, -0.1) is 0 Å². The maximum Gasteiger partial charge on any atom is 0.325 e. The molecule has 0 radical (unpaired) electrons. The highest BCUT2D eigenvalue weighted by Gasteiger charge is 2.55. The molecule has 2 aliphatic rings. The number of ether oxygens (including phenoxy) is 2. The average Bonchev–Trinajstić information content (AvgIpc) is 3.70. The number of aromatic amines is 1. The van der Waals surface area contributed by atoms with Crippen molar-refractivity contribution in [3.05, 3.63) is 29.3 Å². The second kappa shape index (κ2) is 10.7. The minimum atomic E-state index is -4.39. The third-order valence-corrected chi connectivity index (χ3v) is 8.73. The van der Waals surface area contributed by atoms with Crippen LogP contribution in [0.2, 0.25) is 0 Å². The van der Waals surface area contributed by atoms with Crippen molar-refractivity contribution in [1.82, 2.24) is 39.0 Å². The van der Waals surface area contributed by atoms with E-state index in [0.717, 1.165) is 17.2 Å². The molecule has 18 nitrogen and oxygen atoms in total. The van der Waals surface area contributed by atoms with Crippen LogP contribution >= 0.6 is 6.72 Å². The molecule has 43 heavy (non-hydrogen) atoms. The van der Waals surface area contributed by atoms with Gasteiger partial charge < -0.3 is 40.6 Å². The number of hydrogen-bond acceptors (Lipinski definition) is 15. The molecule has 4 aromatic heterocycles. The van der Waals surface area contributed by atoms with E-state index in [1.165, 1.54) is 17.8 Å². The second-order valence-electron chi connectivity index (χ2n) is 10.1. The number of imidazole rings is 2. The molecule has 8 N–H and O–H groups in total. The SMILES string of the molecule is CC1(COP(O)(=S)O[C@@H]2[C@@H](F)[C@@H](CO)O[C@H]2n2cnc3c(=O)[nH]c(N)nc32)O[C@@H](n2cnc3c(N)ncnc32)[C@@H](F)[C@@H]1O. The van der Waals surface area contributed by atoms with Crippen molar-refractivity contribution in [3.63, 3.8) is 0 Å². The van der Waals surface area contributed by atoms with Crippen molar-refractivity contribution >= 4 is 52.6 Å². The number of rotatable bonds is 8. The molecule has 6 rings (SSSR count). The van der Waals surface area contributed by atoms with E-state index in [2.05, 4.69) is 29.9 Å². The Morgan fingerprint density at radius 3 is 2.56 bits per heavy atom. The van der Waals surface area contributed by atoms with Crippen LogP contribution in [0.25, 0.3) is 22.3 Å². The van der Waals surface area contributed by atoms with E-state index in [1.54, 1.807) is 0 Å². The van der Waals surface area contributed by atoms with Gasteiger partial charge in [0.15, 0.2) is 47.4 Å². The molecule has 6 heterocycles. The number of aliphatic hydroxyl groups excluding tert-OH is 2. The van der Waals surface area contributed by atoms with Gasteiger partial charge >= 0.3 is 6.72 Å². The number of nitrogens with one attached hydrogen (secondary N) is 1. The van der Waals surface area contributed by atoms with Crippen molar-refractivity contribution in [2.75, 3.05) is 24.7 Å². The lowest BCUT2D eigenvalue weighted by Crippen LogP contribution is -2.43. The fourth-order valence-electron chi connectivity index (χ4n) is 4.99. The number of nitrogen functional groups attached to an aromatic ring is 2. The molecule has 0 aliphatic carbocycles. The van der Waals surface area contributed by atoms with E-state index in [-0.39, 0.29) is 34.1 Å². The number of aromatic nitrogens is 8. The fourth-order valence-corrected chi connectivity index (χ4v) is 6.46. The molecular formula is C21H25F2N10O8PS. The van der Waals surface area contributed by atoms with Crippen LogP contribution in [0.1, 0.15) is 19.4 Å². The van der Waals surface area contributed by atoms with Gasteiger partial charge in [0, 0.05) is 0 Å². The first-order valence-corrected chi connectivity index (χ1v) is 15.1. The predicted molar refractivity (Wildman–Crippen MR) is 145 cm³/mol. The molecule has 2 saturated heterocycles. The topological polar surface area (TPSA) is 257 Å². The summed E-state index contributed by atoms with van der Waals surface area (Å²) < 4.78 is 55.4. The third-order valence-electron chi connectivity index (χ3n) is 7.19. The van der Waals surface area contributed by atoms with Gasteiger partial charge in [0.1, 0.15) is 35.8 Å². The highest BCUT2D eigenvalue weighted by Crippen LogP contribution is 2.52. The zero-order chi connectivity index (χ0) is 30.8. The summed E-state index contributed by atoms with van der Waals surface area (Å²) >= 11 is 5.11. The van der Waals surface area contributed by atoms with Crippen molar-refractivity contribution in [3.8, 4) is 0 Å². The Kier molecular flexibility index (Phi) is 7.42. The standard InChI is InChI=1S/C21H25F2N10O8PS/c1-21(13(35)9(23)18(40-21)32-5-28-10-14(24)26-4-27-15(10)32)3-38-42(37,43)41-12-8(22)7(2-34)39-19(12)33-6-29-11-16(33)30-20(25)31-17(11)36/h4-9,12-13,18-19,34-35H,2-3H2,1H3,(H,37,43)(H2,24,26,27)(H3,25,30,31,36)/t7-,8+,9+,12-,13+,18-,19-,21?,42?/m1/s1. The van der Waals surface area contributed by atoms with Crippen molar-refractivity contribution in [1.29, 1.82) is 0 Å². The number of alkyl halides is 2. The summed E-state index contributed by atoms with van der Waals surface area (Å²) in [5, 5.41) is 20.4. The first kappa shape index (κ1) is 29.8. The van der Waals surface area contributed by atoms with Crippen LogP contribution in [-0.4, -0.2) is 104 Å². The summed E-state index contributed by atoms with van der Waals surface area (Å²) in [6.07, 6.45) is -8.32. The Labute approximate surface area is 243 Å². The number of fused-ring (bicyclic) bond motifs is 2. The van der Waals surface area contributed by atoms with E-state index < -0.39 is 74.2 Å². The molecule has 0 amide bonds. The van der Waals surface area contributed by atoms with Crippen LogP contribution in [0.15, 0.2) is 23.8 Å². The molecule has 22 heteroatoms. The number of hydrogen-bond donors (Lipinski definition) is 6. The monoisotopic (exact) mass is 646 g/mol. The van der Waals surface area contributed by atoms with E-state index in [0.29, 0.717) is 0 Å². The third kappa shape index (κ3) is 5.05. The lowest BCUT2D eigenvalue weighted by Gasteiger charge is -2.30. The zero-order valence-electron chi connectivity index (χ0n) is 22.0. The van der Waals surface area contributed by atoms with E-state index in [4.69, 9.17) is 41.8 Å². The molecule has 9 atom stereocenters. The molecule has 0 bridgehead atoms. The van der Waals surface area contributed by atoms with Crippen LogP contribution in [0.5, 0.6) is 0 Å². The first-order valence-electron chi connectivity index (χ1n) is 12.5. The number of anilines is 2. The Hall–Kier alpha value is -3.27. The van der Waals surface area contributed by atoms with Gasteiger partial charge in [0.25, 0.3) is 5.56 Å². The van der Waals surface area contributed by atoms with E-state index in [9.17, 15) is 19.9 Å². The molecule has 2 fully saturated rings. The van der Waals surface area contributed by atoms with Crippen LogP contribution in [0, 0.1) is 0 Å². The molecule has 2 aliphatic heterocycles. The molecular weight excluding hydrogens is 621 g/mol. The summed E-state index contributed by atoms with van der Waals surface area (Å²) in [7, 11) is 0. The van der Waals surface area contributed by atoms with Crippen molar-refractivity contribution < 1.29 is 42.4 Å². The van der Waals surface area contributed by atoms with Gasteiger partial charge in [-0.3, -0.25) is 23.4 Å². The Morgan fingerprint density at radius 1 is 1.14 bits per heavy atom. The smallest absolute Gasteiger partial charge is 0.325 e. The number of halogens is 2. The number of aliphatic hydroxyl groups is 2. The average molecular weight is 647 g/mol. The van der Waals surface area contributed by atoms with Gasteiger partial charge in [0.2, 0.25) is 5.95 Å². The number of nitrogens with zero attached hydrogens (tertiary/aromatic N) is 7. The lowest BCUT2D eigenvalue weighted by atomic mass is 9.99. The summed E-state index contributed by atoms with van der Waals surface area (Å²) in [4.78, 5) is 45.3. The van der Waals surface area contributed by atoms with Crippen molar-refractivity contribution in [2.24, 2.45) is 0 Å². The highest BCUT2D eigenvalue weighted by molar-refractivity contribution is 8.07.